The normalized spacial score (nSPS) is 29.3. The van der Waals surface area contributed by atoms with E-state index in [1.165, 1.54) is 25.7 Å². The van der Waals surface area contributed by atoms with Crippen molar-refractivity contribution in [2.45, 2.75) is 56.8 Å². The molecule has 4 heteroatoms. The molecule has 0 unspecified atom stereocenters. The minimum atomic E-state index is -0.315. The monoisotopic (exact) mass is 288 g/mol. The Labute approximate surface area is 126 Å². The molecule has 1 aromatic carbocycles. The first kappa shape index (κ1) is 14.4. The molecule has 1 N–H and O–H groups in total. The minimum absolute atomic E-state index is 0.123. The van der Waals surface area contributed by atoms with Crippen LogP contribution in [0.1, 0.15) is 38.2 Å². The average molecular weight is 288 g/mol. The largest absolute Gasteiger partial charge is 0.445 e. The van der Waals surface area contributed by atoms with Crippen LogP contribution in [-0.2, 0) is 11.3 Å². The summed E-state index contributed by atoms with van der Waals surface area (Å²) in [6, 6.07) is 10.6. The maximum atomic E-state index is 12.0. The second-order valence-electron chi connectivity index (χ2n) is 6.37. The summed E-state index contributed by atoms with van der Waals surface area (Å²) >= 11 is 0. The van der Waals surface area contributed by atoms with E-state index < -0.39 is 0 Å². The fourth-order valence-electron chi connectivity index (χ4n) is 4.02. The molecule has 1 atom stereocenters. The van der Waals surface area contributed by atoms with Gasteiger partial charge in [0.05, 0.1) is 0 Å². The van der Waals surface area contributed by atoms with E-state index in [0.717, 1.165) is 5.56 Å². The summed E-state index contributed by atoms with van der Waals surface area (Å²) in [7, 11) is 2.19. The Morgan fingerprint density at radius 2 is 2.05 bits per heavy atom. The van der Waals surface area contributed by atoms with Gasteiger partial charge in [-0.25, -0.2) is 4.79 Å². The zero-order valence-electron chi connectivity index (χ0n) is 12.8. The highest BCUT2D eigenvalue weighted by Crippen LogP contribution is 2.47. The number of carbonyl (C=O) groups is 1. The van der Waals surface area contributed by atoms with Gasteiger partial charge in [0, 0.05) is 17.6 Å². The third-order valence-electron chi connectivity index (χ3n) is 5.42. The number of ether oxygens (including phenoxy) is 1. The lowest BCUT2D eigenvalue weighted by Crippen LogP contribution is -2.55. The lowest BCUT2D eigenvalue weighted by atomic mass is 9.82. The second-order valence-corrected chi connectivity index (χ2v) is 6.37. The minimum Gasteiger partial charge on any atom is -0.445 e. The maximum absolute atomic E-state index is 12.0. The molecular weight excluding hydrogens is 264 g/mol. The smallest absolute Gasteiger partial charge is 0.407 e. The number of fused-ring (bicyclic) bond motifs is 2. The molecular formula is C17H24N2O2. The van der Waals surface area contributed by atoms with Gasteiger partial charge in [-0.2, -0.15) is 0 Å². The van der Waals surface area contributed by atoms with Gasteiger partial charge < -0.3 is 10.1 Å². The number of alkyl carbamates (subject to hydrolysis) is 1. The van der Waals surface area contributed by atoms with Crippen molar-refractivity contribution in [3.8, 4) is 0 Å². The van der Waals surface area contributed by atoms with Crippen molar-refractivity contribution in [1.29, 1.82) is 0 Å². The number of rotatable bonds is 4. The van der Waals surface area contributed by atoms with Gasteiger partial charge in [-0.1, -0.05) is 30.3 Å². The van der Waals surface area contributed by atoms with E-state index >= 15 is 0 Å². The van der Waals surface area contributed by atoms with Crippen LogP contribution in [0.25, 0.3) is 0 Å². The standard InChI is InChI=1S/C17H24N2O2/c1-13(17-10-8-15(9-11-17)19(17)2)18-16(20)21-12-14-6-4-3-5-7-14/h3-7,13,15H,8-12H2,1-2H3,(H,18,20)/t13-,15?,17?/m1/s1. The lowest BCUT2D eigenvalue weighted by Gasteiger charge is -2.38. The van der Waals surface area contributed by atoms with Crippen LogP contribution in [-0.4, -0.2) is 35.7 Å². The molecule has 0 spiro atoms. The summed E-state index contributed by atoms with van der Waals surface area (Å²) in [5.41, 5.74) is 1.15. The molecule has 1 aromatic rings. The van der Waals surface area contributed by atoms with Crippen molar-refractivity contribution in [3.63, 3.8) is 0 Å². The Balaban J connectivity index is 1.53. The van der Waals surface area contributed by atoms with Gasteiger partial charge in [0.1, 0.15) is 6.61 Å². The molecule has 0 aromatic heterocycles. The number of nitrogens with one attached hydrogen (secondary N) is 1. The van der Waals surface area contributed by atoms with Crippen LogP contribution in [0.15, 0.2) is 30.3 Å². The highest BCUT2D eigenvalue weighted by Gasteiger charge is 2.52. The number of benzene rings is 1. The zero-order valence-corrected chi connectivity index (χ0v) is 12.8. The summed E-state index contributed by atoms with van der Waals surface area (Å²) in [5.74, 6) is 0. The SMILES string of the molecule is C[C@@H](NC(=O)OCc1ccccc1)C12CCC(CC1)N2C. The van der Waals surface area contributed by atoms with Crippen LogP contribution in [0.2, 0.25) is 0 Å². The van der Waals surface area contributed by atoms with Crippen molar-refractivity contribution in [3.05, 3.63) is 35.9 Å². The molecule has 2 fully saturated rings. The number of likely N-dealkylation sites (N-methyl/N-ethyl adjacent to an activating group) is 1. The maximum Gasteiger partial charge on any atom is 0.407 e. The molecule has 0 radical (unpaired) electrons. The Kier molecular flexibility index (Phi) is 3.89. The van der Waals surface area contributed by atoms with Crippen LogP contribution >= 0.6 is 0 Å². The Morgan fingerprint density at radius 1 is 1.38 bits per heavy atom. The lowest BCUT2D eigenvalue weighted by molar-refractivity contribution is 0.109. The quantitative estimate of drug-likeness (QED) is 0.926. The number of amides is 1. The van der Waals surface area contributed by atoms with Gasteiger partial charge in [-0.05, 0) is 45.2 Å². The first-order valence-corrected chi connectivity index (χ1v) is 7.82. The zero-order chi connectivity index (χ0) is 14.9. The molecule has 2 aliphatic heterocycles. The van der Waals surface area contributed by atoms with E-state index in [9.17, 15) is 4.79 Å². The second kappa shape index (κ2) is 5.68. The Morgan fingerprint density at radius 3 is 2.62 bits per heavy atom. The average Bonchev–Trinajstić information content (AvgIpc) is 3.00. The van der Waals surface area contributed by atoms with Crippen molar-refractivity contribution in [2.24, 2.45) is 0 Å². The fourth-order valence-corrected chi connectivity index (χ4v) is 4.02. The van der Waals surface area contributed by atoms with E-state index in [2.05, 4.69) is 24.2 Å². The molecule has 0 aliphatic carbocycles. The van der Waals surface area contributed by atoms with Crippen molar-refractivity contribution < 1.29 is 9.53 Å². The molecule has 2 aliphatic rings. The number of carbonyl (C=O) groups excluding carboxylic acids is 1. The topological polar surface area (TPSA) is 41.6 Å². The highest BCUT2D eigenvalue weighted by molar-refractivity contribution is 5.67. The molecule has 0 saturated carbocycles. The predicted octanol–water partition coefficient (Wildman–Crippen LogP) is 2.93. The Bertz CT molecular complexity index is 495. The molecule has 4 nitrogen and oxygen atoms in total. The van der Waals surface area contributed by atoms with Gasteiger partial charge in [-0.3, -0.25) is 4.90 Å². The van der Waals surface area contributed by atoms with E-state index in [-0.39, 0.29) is 17.7 Å². The molecule has 21 heavy (non-hydrogen) atoms. The van der Waals surface area contributed by atoms with E-state index in [0.29, 0.717) is 12.6 Å². The highest BCUT2D eigenvalue weighted by atomic mass is 16.5. The summed E-state index contributed by atoms with van der Waals surface area (Å²) in [6.45, 7) is 2.43. The number of hydrogen-bond donors (Lipinski definition) is 1. The van der Waals surface area contributed by atoms with Crippen LogP contribution in [0.4, 0.5) is 4.79 Å². The number of nitrogens with zero attached hydrogens (tertiary/aromatic N) is 1. The molecule has 114 valence electrons. The Hall–Kier alpha value is -1.55. The summed E-state index contributed by atoms with van der Waals surface area (Å²) in [5, 5.41) is 3.04. The van der Waals surface area contributed by atoms with E-state index in [4.69, 9.17) is 4.74 Å². The molecule has 2 heterocycles. The van der Waals surface area contributed by atoms with E-state index in [1.807, 2.05) is 30.3 Å². The molecule has 3 rings (SSSR count). The third kappa shape index (κ3) is 2.64. The van der Waals surface area contributed by atoms with Crippen LogP contribution < -0.4 is 5.32 Å². The number of hydrogen-bond acceptors (Lipinski definition) is 3. The van der Waals surface area contributed by atoms with Gasteiger partial charge in [0.25, 0.3) is 0 Å². The van der Waals surface area contributed by atoms with Crippen molar-refractivity contribution in [1.82, 2.24) is 10.2 Å². The van der Waals surface area contributed by atoms with Gasteiger partial charge in [0.2, 0.25) is 0 Å². The first-order valence-electron chi connectivity index (χ1n) is 7.82. The molecule has 1 amide bonds. The van der Waals surface area contributed by atoms with Crippen molar-refractivity contribution >= 4 is 6.09 Å². The predicted molar refractivity (Wildman–Crippen MR) is 82.0 cm³/mol. The van der Waals surface area contributed by atoms with Crippen LogP contribution in [0.5, 0.6) is 0 Å². The van der Waals surface area contributed by atoms with E-state index in [1.54, 1.807) is 0 Å². The third-order valence-corrected chi connectivity index (χ3v) is 5.42. The molecule has 2 bridgehead atoms. The summed E-state index contributed by atoms with van der Waals surface area (Å²) < 4.78 is 5.33. The van der Waals surface area contributed by atoms with Gasteiger partial charge in [0.15, 0.2) is 0 Å². The molecule has 2 saturated heterocycles. The summed E-state index contributed by atoms with van der Waals surface area (Å²) in [6.07, 6.45) is 4.54. The first-order chi connectivity index (χ1) is 10.1. The van der Waals surface area contributed by atoms with Crippen molar-refractivity contribution in [2.75, 3.05) is 7.05 Å². The van der Waals surface area contributed by atoms with Crippen LogP contribution in [0.3, 0.4) is 0 Å². The fraction of sp³-hybridized carbons (Fsp3) is 0.588. The van der Waals surface area contributed by atoms with Crippen LogP contribution in [0, 0.1) is 0 Å². The van der Waals surface area contributed by atoms with Gasteiger partial charge >= 0.3 is 6.09 Å². The van der Waals surface area contributed by atoms with Gasteiger partial charge in [-0.15, -0.1) is 0 Å². The summed E-state index contributed by atoms with van der Waals surface area (Å²) in [4.78, 5) is 14.5.